The zero-order valence-electron chi connectivity index (χ0n) is 12.4. The topological polar surface area (TPSA) is 24.5 Å². The Labute approximate surface area is 116 Å². The fourth-order valence-corrected chi connectivity index (χ4v) is 2.19. The van der Waals surface area contributed by atoms with Gasteiger partial charge in [-0.1, -0.05) is 12.1 Å². The molecule has 0 saturated heterocycles. The lowest BCUT2D eigenvalue weighted by Gasteiger charge is -2.16. The Hall–Kier alpha value is -1.06. The highest BCUT2D eigenvalue weighted by Crippen LogP contribution is 2.24. The molecule has 0 atom stereocenters. The molecule has 0 bridgehead atoms. The van der Waals surface area contributed by atoms with Gasteiger partial charge in [0.15, 0.2) is 0 Å². The van der Waals surface area contributed by atoms with Gasteiger partial charge in [0.25, 0.3) is 0 Å². The summed E-state index contributed by atoms with van der Waals surface area (Å²) in [5.41, 5.74) is 1.28. The van der Waals surface area contributed by atoms with Crippen LogP contribution in [-0.4, -0.2) is 37.2 Å². The van der Waals surface area contributed by atoms with E-state index in [4.69, 9.17) is 4.74 Å². The minimum Gasteiger partial charge on any atom is -0.491 e. The van der Waals surface area contributed by atoms with Crippen molar-refractivity contribution < 1.29 is 4.74 Å². The first-order valence-corrected chi connectivity index (χ1v) is 7.31. The van der Waals surface area contributed by atoms with Crippen LogP contribution in [0.4, 0.5) is 0 Å². The Morgan fingerprint density at radius 1 is 1.37 bits per heavy atom. The van der Waals surface area contributed by atoms with Gasteiger partial charge in [0.1, 0.15) is 5.75 Å². The third-order valence-electron chi connectivity index (χ3n) is 3.41. The zero-order valence-corrected chi connectivity index (χ0v) is 12.4. The molecule has 3 heteroatoms. The lowest BCUT2D eigenvalue weighted by atomic mass is 10.2. The molecule has 1 N–H and O–H groups in total. The summed E-state index contributed by atoms with van der Waals surface area (Å²) in [5, 5.41) is 3.50. The molecule has 2 rings (SSSR count). The predicted molar refractivity (Wildman–Crippen MR) is 79.6 cm³/mol. The van der Waals surface area contributed by atoms with E-state index < -0.39 is 0 Å². The molecule has 1 fully saturated rings. The molecular weight excluding hydrogens is 236 g/mol. The van der Waals surface area contributed by atoms with Gasteiger partial charge in [-0.25, -0.2) is 0 Å². The van der Waals surface area contributed by atoms with Gasteiger partial charge >= 0.3 is 0 Å². The van der Waals surface area contributed by atoms with Gasteiger partial charge in [-0.3, -0.25) is 0 Å². The number of hydrogen-bond donors (Lipinski definition) is 1. The lowest BCUT2D eigenvalue weighted by molar-refractivity contribution is 0.242. The van der Waals surface area contributed by atoms with Crippen molar-refractivity contribution >= 4 is 0 Å². The van der Waals surface area contributed by atoms with Crippen molar-refractivity contribution in [2.75, 3.05) is 20.1 Å². The molecule has 1 aliphatic rings. The van der Waals surface area contributed by atoms with E-state index >= 15 is 0 Å². The second-order valence-corrected chi connectivity index (χ2v) is 5.70. The van der Waals surface area contributed by atoms with Crippen molar-refractivity contribution in [1.82, 2.24) is 10.2 Å². The van der Waals surface area contributed by atoms with Crippen LogP contribution in [0.5, 0.6) is 5.75 Å². The molecule has 1 aromatic rings. The number of benzene rings is 1. The molecule has 0 aliphatic heterocycles. The monoisotopic (exact) mass is 262 g/mol. The summed E-state index contributed by atoms with van der Waals surface area (Å²) in [6.07, 6.45) is 2.99. The Kier molecular flexibility index (Phi) is 5.23. The first-order chi connectivity index (χ1) is 9.15. The minimum atomic E-state index is 0.232. The molecule has 1 aromatic carbocycles. The Morgan fingerprint density at radius 2 is 2.16 bits per heavy atom. The normalized spacial score (nSPS) is 15.2. The number of hydrogen-bond acceptors (Lipinski definition) is 3. The molecule has 0 heterocycles. The quantitative estimate of drug-likeness (QED) is 0.729. The molecule has 0 aromatic heterocycles. The van der Waals surface area contributed by atoms with Crippen LogP contribution in [0.1, 0.15) is 32.3 Å². The fourth-order valence-electron chi connectivity index (χ4n) is 2.19. The first-order valence-electron chi connectivity index (χ1n) is 7.31. The summed E-state index contributed by atoms with van der Waals surface area (Å²) in [6.45, 7) is 7.19. The van der Waals surface area contributed by atoms with Crippen LogP contribution in [-0.2, 0) is 6.54 Å². The highest BCUT2D eigenvalue weighted by Gasteiger charge is 2.25. The Morgan fingerprint density at radius 3 is 2.84 bits per heavy atom. The molecule has 0 unspecified atom stereocenters. The number of rotatable bonds is 8. The van der Waals surface area contributed by atoms with Gasteiger partial charge in [0, 0.05) is 25.7 Å². The van der Waals surface area contributed by atoms with Gasteiger partial charge in [-0.2, -0.15) is 0 Å². The van der Waals surface area contributed by atoms with Gasteiger partial charge < -0.3 is 15.0 Å². The smallest absolute Gasteiger partial charge is 0.120 e. The van der Waals surface area contributed by atoms with E-state index in [2.05, 4.69) is 49.3 Å². The highest BCUT2D eigenvalue weighted by molar-refractivity contribution is 5.28. The maximum Gasteiger partial charge on any atom is 0.120 e. The molecule has 1 saturated carbocycles. The molecule has 106 valence electrons. The highest BCUT2D eigenvalue weighted by atomic mass is 16.5. The van der Waals surface area contributed by atoms with Crippen molar-refractivity contribution in [3.63, 3.8) is 0 Å². The summed E-state index contributed by atoms with van der Waals surface area (Å²) in [7, 11) is 2.22. The van der Waals surface area contributed by atoms with Crippen LogP contribution in [0.15, 0.2) is 24.3 Å². The third-order valence-corrected chi connectivity index (χ3v) is 3.41. The average molecular weight is 262 g/mol. The van der Waals surface area contributed by atoms with Crippen LogP contribution >= 0.6 is 0 Å². The average Bonchev–Trinajstić information content (AvgIpc) is 3.18. The molecule has 0 radical (unpaired) electrons. The second-order valence-electron chi connectivity index (χ2n) is 5.70. The maximum absolute atomic E-state index is 5.70. The number of nitrogens with one attached hydrogen (secondary N) is 1. The van der Waals surface area contributed by atoms with Crippen LogP contribution in [0.25, 0.3) is 0 Å². The van der Waals surface area contributed by atoms with Crippen LogP contribution in [0.3, 0.4) is 0 Å². The predicted octanol–water partition coefficient (Wildman–Crippen LogP) is 2.66. The van der Waals surface area contributed by atoms with Gasteiger partial charge in [0.2, 0.25) is 0 Å². The van der Waals surface area contributed by atoms with E-state index in [1.54, 1.807) is 0 Å². The second kappa shape index (κ2) is 6.92. The zero-order chi connectivity index (χ0) is 13.7. The fraction of sp³-hybridized carbons (Fsp3) is 0.625. The number of nitrogens with zero attached hydrogens (tertiary/aromatic N) is 1. The Bertz CT molecular complexity index is 388. The van der Waals surface area contributed by atoms with Crippen molar-refractivity contribution in [2.24, 2.45) is 0 Å². The number of ether oxygens (including phenoxy) is 1. The largest absolute Gasteiger partial charge is 0.491 e. The van der Waals surface area contributed by atoms with E-state index in [1.165, 1.54) is 18.4 Å². The van der Waals surface area contributed by atoms with Gasteiger partial charge in [-0.05, 0) is 51.4 Å². The van der Waals surface area contributed by atoms with Crippen molar-refractivity contribution in [2.45, 2.75) is 45.4 Å². The molecular formula is C16H26N2O. The number of likely N-dealkylation sites (N-methyl/N-ethyl adjacent to an activating group) is 1. The first kappa shape index (κ1) is 14.4. The summed E-state index contributed by atoms with van der Waals surface area (Å²) in [5.74, 6) is 0.962. The third kappa shape index (κ3) is 5.21. The maximum atomic E-state index is 5.70. The Balaban J connectivity index is 1.69. The molecule has 19 heavy (non-hydrogen) atoms. The molecule has 0 amide bonds. The van der Waals surface area contributed by atoms with E-state index in [1.807, 2.05) is 6.07 Å². The minimum absolute atomic E-state index is 0.232. The lowest BCUT2D eigenvalue weighted by Crippen LogP contribution is -2.30. The summed E-state index contributed by atoms with van der Waals surface area (Å²) >= 11 is 0. The SMILES string of the molecule is CC(C)Oc1cccc(CNCCN(C)C2CC2)c1. The van der Waals surface area contributed by atoms with Crippen molar-refractivity contribution in [1.29, 1.82) is 0 Å². The summed E-state index contributed by atoms with van der Waals surface area (Å²) < 4.78 is 5.70. The van der Waals surface area contributed by atoms with Gasteiger partial charge in [-0.15, -0.1) is 0 Å². The summed E-state index contributed by atoms with van der Waals surface area (Å²) in [6, 6.07) is 9.20. The van der Waals surface area contributed by atoms with E-state index in [0.29, 0.717) is 0 Å². The molecule has 1 aliphatic carbocycles. The van der Waals surface area contributed by atoms with E-state index in [0.717, 1.165) is 31.4 Å². The molecule has 0 spiro atoms. The molecule has 3 nitrogen and oxygen atoms in total. The van der Waals surface area contributed by atoms with Crippen LogP contribution in [0.2, 0.25) is 0 Å². The van der Waals surface area contributed by atoms with Gasteiger partial charge in [0.05, 0.1) is 6.10 Å². The van der Waals surface area contributed by atoms with Crippen LogP contribution in [0, 0.1) is 0 Å². The van der Waals surface area contributed by atoms with E-state index in [9.17, 15) is 0 Å². The standard InChI is InChI=1S/C16H26N2O/c1-13(2)19-16-6-4-5-14(11-16)12-17-9-10-18(3)15-7-8-15/h4-6,11,13,15,17H,7-10,12H2,1-3H3. The van der Waals surface area contributed by atoms with Crippen LogP contribution < -0.4 is 10.1 Å². The van der Waals surface area contributed by atoms with Crippen molar-refractivity contribution in [3.8, 4) is 5.75 Å². The van der Waals surface area contributed by atoms with E-state index in [-0.39, 0.29) is 6.10 Å². The summed E-state index contributed by atoms with van der Waals surface area (Å²) in [4.78, 5) is 2.45. The van der Waals surface area contributed by atoms with Crippen molar-refractivity contribution in [3.05, 3.63) is 29.8 Å².